The molecule has 1 unspecified atom stereocenters. The number of imide groups is 1. The number of nitrogens with two attached hydrogens (primary N) is 1. The number of carboxylic acids is 1. The molecule has 0 saturated carbocycles. The first-order valence-corrected chi connectivity index (χ1v) is 8.22. The Morgan fingerprint density at radius 2 is 1.79 bits per heavy atom. The van der Waals surface area contributed by atoms with Gasteiger partial charge in [-0.05, 0) is 30.2 Å². The zero-order valence-corrected chi connectivity index (χ0v) is 14.6. The summed E-state index contributed by atoms with van der Waals surface area (Å²) in [6.45, 7) is 0. The van der Waals surface area contributed by atoms with Crippen LogP contribution in [0.25, 0.3) is 6.08 Å². The highest BCUT2D eigenvalue weighted by Crippen LogP contribution is 2.28. The predicted octanol–water partition coefficient (Wildman–Crippen LogP) is 2.32. The van der Waals surface area contributed by atoms with Crippen molar-refractivity contribution < 1.29 is 37.7 Å². The highest BCUT2D eigenvalue weighted by Gasteiger charge is 2.27. The zero-order chi connectivity index (χ0) is 21.1. The van der Waals surface area contributed by atoms with Crippen molar-refractivity contribution in [2.24, 2.45) is 5.73 Å². The lowest BCUT2D eigenvalue weighted by Crippen LogP contribution is -2.32. The van der Waals surface area contributed by atoms with E-state index in [1.165, 1.54) is 12.1 Å². The number of carbonyl (C=O) groups is 3. The maximum Gasteiger partial charge on any atom is 0.419 e. The molecule has 2 aromatic carbocycles. The molecule has 8 nitrogen and oxygen atoms in total. The van der Waals surface area contributed by atoms with E-state index in [0.29, 0.717) is 5.56 Å². The molecule has 0 spiro atoms. The predicted molar refractivity (Wildman–Crippen MR) is 94.8 cm³/mol. The van der Waals surface area contributed by atoms with Crippen LogP contribution in [0.5, 0.6) is 11.5 Å². The first-order chi connectivity index (χ1) is 13.7. The maximum atomic E-state index is 14.3. The molecule has 1 aliphatic rings. The summed E-state index contributed by atoms with van der Waals surface area (Å²) in [5, 5.41) is 10.6. The molecule has 0 aliphatic carbocycles. The van der Waals surface area contributed by atoms with E-state index in [1.54, 1.807) is 12.1 Å². The van der Waals surface area contributed by atoms with Gasteiger partial charge in [0, 0.05) is 12.1 Å². The van der Waals surface area contributed by atoms with Crippen molar-refractivity contribution >= 4 is 24.0 Å². The standard InChI is InChI=1S/C19H14F2N2O6/c20-13-6-11(7-14(21)12(13)8-16-17(24)23-19(27)29-16)28-10-3-1-9(2-4-10)5-15(22)18(25)26/h1-4,6-8,15H,5,22H2,(H,25,26)(H,23,24,27)/b16-8+. The second kappa shape index (κ2) is 8.07. The fourth-order valence-corrected chi connectivity index (χ4v) is 2.48. The second-order valence-corrected chi connectivity index (χ2v) is 6.05. The van der Waals surface area contributed by atoms with Crippen molar-refractivity contribution in [1.29, 1.82) is 0 Å². The molecule has 1 fully saturated rings. The number of amides is 2. The van der Waals surface area contributed by atoms with Crippen LogP contribution in [0.2, 0.25) is 0 Å². The molecule has 1 atom stereocenters. The Labute approximate surface area is 162 Å². The van der Waals surface area contributed by atoms with Crippen molar-refractivity contribution in [2.75, 3.05) is 0 Å². The second-order valence-electron chi connectivity index (χ2n) is 6.05. The van der Waals surface area contributed by atoms with Gasteiger partial charge in [-0.1, -0.05) is 12.1 Å². The summed E-state index contributed by atoms with van der Waals surface area (Å²) in [5.41, 5.74) is 5.54. The van der Waals surface area contributed by atoms with Crippen LogP contribution in [0.15, 0.2) is 42.2 Å². The van der Waals surface area contributed by atoms with Gasteiger partial charge in [0.1, 0.15) is 29.2 Å². The molecule has 1 aliphatic heterocycles. The van der Waals surface area contributed by atoms with E-state index < -0.39 is 47.0 Å². The third kappa shape index (κ3) is 4.74. The van der Waals surface area contributed by atoms with Gasteiger partial charge in [-0.15, -0.1) is 0 Å². The third-order valence-corrected chi connectivity index (χ3v) is 3.90. The van der Waals surface area contributed by atoms with Crippen LogP contribution >= 0.6 is 0 Å². The number of rotatable bonds is 6. The Bertz CT molecular complexity index is 997. The van der Waals surface area contributed by atoms with Gasteiger partial charge in [0.2, 0.25) is 0 Å². The number of ether oxygens (including phenoxy) is 2. The first kappa shape index (κ1) is 20.0. The van der Waals surface area contributed by atoms with E-state index in [2.05, 4.69) is 4.74 Å². The summed E-state index contributed by atoms with van der Waals surface area (Å²) < 4.78 is 38.5. The number of hydrogen-bond acceptors (Lipinski definition) is 6. The minimum atomic E-state index is -1.13. The Hall–Kier alpha value is -3.79. The van der Waals surface area contributed by atoms with Crippen LogP contribution in [0.1, 0.15) is 11.1 Å². The van der Waals surface area contributed by atoms with E-state index in [4.69, 9.17) is 15.6 Å². The number of benzene rings is 2. The molecule has 150 valence electrons. The average Bonchev–Trinajstić information content (AvgIpc) is 2.97. The summed E-state index contributed by atoms with van der Waals surface area (Å²) in [5.74, 6) is -4.53. The van der Waals surface area contributed by atoms with Crippen LogP contribution in [0.3, 0.4) is 0 Å². The monoisotopic (exact) mass is 404 g/mol. The van der Waals surface area contributed by atoms with Crippen molar-refractivity contribution in [1.82, 2.24) is 5.32 Å². The third-order valence-electron chi connectivity index (χ3n) is 3.90. The van der Waals surface area contributed by atoms with Gasteiger partial charge >= 0.3 is 12.1 Å². The van der Waals surface area contributed by atoms with Crippen molar-refractivity contribution in [3.05, 3.63) is 64.9 Å². The topological polar surface area (TPSA) is 128 Å². The van der Waals surface area contributed by atoms with Gasteiger partial charge in [0.25, 0.3) is 5.91 Å². The SMILES string of the molecule is NC(Cc1ccc(Oc2cc(F)c(/C=C3/OC(=O)NC3=O)c(F)c2)cc1)C(=O)O. The Morgan fingerprint density at radius 3 is 2.31 bits per heavy atom. The molecule has 2 aromatic rings. The number of alkyl carbamates (subject to hydrolysis) is 1. The summed E-state index contributed by atoms with van der Waals surface area (Å²) in [7, 11) is 0. The molecule has 3 rings (SSSR count). The summed E-state index contributed by atoms with van der Waals surface area (Å²) in [6.07, 6.45) is -0.148. The lowest BCUT2D eigenvalue weighted by atomic mass is 10.1. The van der Waals surface area contributed by atoms with E-state index in [9.17, 15) is 23.2 Å². The summed E-state index contributed by atoms with van der Waals surface area (Å²) in [6, 6.07) is 6.91. The first-order valence-electron chi connectivity index (χ1n) is 8.22. The van der Waals surface area contributed by atoms with E-state index >= 15 is 0 Å². The lowest BCUT2D eigenvalue weighted by molar-refractivity contribution is -0.138. The number of hydrogen-bond donors (Lipinski definition) is 3. The molecule has 1 heterocycles. The maximum absolute atomic E-state index is 14.3. The smallest absolute Gasteiger partial charge is 0.419 e. The van der Waals surface area contributed by atoms with E-state index in [1.807, 2.05) is 5.32 Å². The fraction of sp³-hybridized carbons (Fsp3) is 0.105. The van der Waals surface area contributed by atoms with Crippen LogP contribution in [0.4, 0.5) is 13.6 Å². The highest BCUT2D eigenvalue weighted by molar-refractivity contribution is 6.09. The van der Waals surface area contributed by atoms with Crippen LogP contribution < -0.4 is 15.8 Å². The van der Waals surface area contributed by atoms with E-state index in [0.717, 1.165) is 18.2 Å². The number of carbonyl (C=O) groups excluding carboxylic acids is 2. The highest BCUT2D eigenvalue weighted by atomic mass is 19.1. The minimum absolute atomic E-state index is 0.111. The molecule has 4 N–H and O–H groups in total. The van der Waals surface area contributed by atoms with Gasteiger partial charge in [-0.25, -0.2) is 13.6 Å². The van der Waals surface area contributed by atoms with Gasteiger partial charge in [-0.3, -0.25) is 14.9 Å². The van der Waals surface area contributed by atoms with Crippen LogP contribution in [-0.2, 0) is 20.7 Å². The molecule has 0 aromatic heterocycles. The molecule has 1 saturated heterocycles. The summed E-state index contributed by atoms with van der Waals surface area (Å²) >= 11 is 0. The summed E-state index contributed by atoms with van der Waals surface area (Å²) in [4.78, 5) is 33.1. The molecule has 0 radical (unpaired) electrons. The van der Waals surface area contributed by atoms with Crippen molar-refractivity contribution in [3.8, 4) is 11.5 Å². The molecule has 10 heteroatoms. The minimum Gasteiger partial charge on any atom is -0.480 e. The largest absolute Gasteiger partial charge is 0.480 e. The van der Waals surface area contributed by atoms with Crippen molar-refractivity contribution in [2.45, 2.75) is 12.5 Å². The number of aliphatic carboxylic acids is 1. The normalized spacial score (nSPS) is 15.8. The Kier molecular flexibility index (Phi) is 5.55. The average molecular weight is 404 g/mol. The molecule has 29 heavy (non-hydrogen) atoms. The quantitative estimate of drug-likeness (QED) is 0.631. The van der Waals surface area contributed by atoms with Gasteiger partial charge in [0.05, 0.1) is 5.56 Å². The molecular weight excluding hydrogens is 390 g/mol. The number of halogens is 2. The molecular formula is C19H14F2N2O6. The van der Waals surface area contributed by atoms with Crippen LogP contribution in [0, 0.1) is 11.6 Å². The van der Waals surface area contributed by atoms with Gasteiger partial charge < -0.3 is 20.3 Å². The van der Waals surface area contributed by atoms with Crippen molar-refractivity contribution in [3.63, 3.8) is 0 Å². The number of nitrogens with one attached hydrogen (secondary N) is 1. The lowest BCUT2D eigenvalue weighted by Gasteiger charge is -2.10. The van der Waals surface area contributed by atoms with Gasteiger partial charge in [-0.2, -0.15) is 0 Å². The number of carboxylic acid groups (broad SMARTS) is 1. The molecule has 2 amide bonds. The van der Waals surface area contributed by atoms with Crippen LogP contribution in [-0.4, -0.2) is 29.1 Å². The Morgan fingerprint density at radius 1 is 1.17 bits per heavy atom. The fourth-order valence-electron chi connectivity index (χ4n) is 2.48. The zero-order valence-electron chi connectivity index (χ0n) is 14.6. The van der Waals surface area contributed by atoms with E-state index in [-0.39, 0.29) is 17.9 Å². The molecule has 0 bridgehead atoms. The number of cyclic esters (lactones) is 1. The van der Waals surface area contributed by atoms with Gasteiger partial charge in [0.15, 0.2) is 5.76 Å². The Balaban J connectivity index is 1.76.